The second kappa shape index (κ2) is 9.32. The van der Waals surface area contributed by atoms with Gasteiger partial charge in [0.15, 0.2) is 5.96 Å². The standard InChI is InChI=1S/C18H33N7O/c1-3-19-17(20-13-16-22-15-23-24(16)2)21-14-18(7-5-4-6-8-18)25-9-11-26-12-10-25/h15H,3-14H2,1-2H3,(H2,19,20,21). The van der Waals surface area contributed by atoms with Crippen LogP contribution in [0.5, 0.6) is 0 Å². The molecule has 2 aliphatic rings. The minimum Gasteiger partial charge on any atom is -0.379 e. The van der Waals surface area contributed by atoms with E-state index >= 15 is 0 Å². The van der Waals surface area contributed by atoms with Gasteiger partial charge in [-0.05, 0) is 19.8 Å². The Balaban J connectivity index is 1.65. The van der Waals surface area contributed by atoms with E-state index in [0.717, 1.165) is 51.2 Å². The summed E-state index contributed by atoms with van der Waals surface area (Å²) in [4.78, 5) is 11.6. The topological polar surface area (TPSA) is 79.6 Å². The van der Waals surface area contributed by atoms with Crippen LogP contribution in [0.15, 0.2) is 11.3 Å². The molecule has 1 saturated heterocycles. The lowest BCUT2D eigenvalue weighted by Crippen LogP contribution is -2.60. The van der Waals surface area contributed by atoms with Crippen molar-refractivity contribution in [3.8, 4) is 0 Å². The van der Waals surface area contributed by atoms with Gasteiger partial charge in [-0.3, -0.25) is 9.58 Å². The summed E-state index contributed by atoms with van der Waals surface area (Å²) in [6.45, 7) is 8.16. The molecular formula is C18H33N7O. The van der Waals surface area contributed by atoms with Crippen LogP contribution in [0.2, 0.25) is 0 Å². The summed E-state index contributed by atoms with van der Waals surface area (Å²) in [6, 6.07) is 0. The molecule has 0 amide bonds. The molecule has 0 aromatic carbocycles. The Labute approximate surface area is 156 Å². The van der Waals surface area contributed by atoms with E-state index in [2.05, 4.69) is 32.5 Å². The molecule has 1 aliphatic carbocycles. The Hall–Kier alpha value is -1.67. The third-order valence-corrected chi connectivity index (χ3v) is 5.58. The molecule has 1 aromatic rings. The third kappa shape index (κ3) is 4.73. The molecule has 0 bridgehead atoms. The van der Waals surface area contributed by atoms with Crippen molar-refractivity contribution < 1.29 is 4.74 Å². The number of guanidine groups is 1. The number of nitrogens with one attached hydrogen (secondary N) is 2. The van der Waals surface area contributed by atoms with E-state index in [-0.39, 0.29) is 5.54 Å². The number of aliphatic imine (C=N–C) groups is 1. The van der Waals surface area contributed by atoms with Gasteiger partial charge >= 0.3 is 0 Å². The molecule has 1 aliphatic heterocycles. The molecule has 8 nitrogen and oxygen atoms in total. The SMILES string of the molecule is CCNC(=NCc1ncnn1C)NCC1(N2CCOCC2)CCCCC1. The van der Waals surface area contributed by atoms with Crippen molar-refractivity contribution in [2.75, 3.05) is 39.4 Å². The van der Waals surface area contributed by atoms with E-state index in [9.17, 15) is 0 Å². The van der Waals surface area contributed by atoms with E-state index in [1.807, 2.05) is 7.05 Å². The van der Waals surface area contributed by atoms with E-state index in [1.165, 1.54) is 32.1 Å². The normalized spacial score (nSPS) is 21.5. The zero-order valence-corrected chi connectivity index (χ0v) is 16.2. The van der Waals surface area contributed by atoms with Gasteiger partial charge in [-0.25, -0.2) is 9.98 Å². The highest BCUT2D eigenvalue weighted by molar-refractivity contribution is 5.79. The van der Waals surface area contributed by atoms with Gasteiger partial charge in [-0.1, -0.05) is 19.3 Å². The van der Waals surface area contributed by atoms with Crippen LogP contribution in [0.25, 0.3) is 0 Å². The third-order valence-electron chi connectivity index (χ3n) is 5.58. The molecule has 146 valence electrons. The zero-order valence-electron chi connectivity index (χ0n) is 16.2. The van der Waals surface area contributed by atoms with Crippen molar-refractivity contribution in [3.05, 3.63) is 12.2 Å². The summed E-state index contributed by atoms with van der Waals surface area (Å²) in [5.74, 6) is 1.72. The maximum atomic E-state index is 5.58. The smallest absolute Gasteiger partial charge is 0.191 e. The number of rotatable bonds is 6. The van der Waals surface area contributed by atoms with E-state index in [0.29, 0.717) is 6.54 Å². The van der Waals surface area contributed by atoms with Gasteiger partial charge in [-0.2, -0.15) is 5.10 Å². The van der Waals surface area contributed by atoms with Crippen LogP contribution < -0.4 is 10.6 Å². The minimum atomic E-state index is 0.225. The first-order chi connectivity index (χ1) is 12.7. The second-order valence-corrected chi connectivity index (χ2v) is 7.23. The lowest BCUT2D eigenvalue weighted by atomic mass is 9.80. The average molecular weight is 364 g/mol. The van der Waals surface area contributed by atoms with Crippen molar-refractivity contribution in [2.24, 2.45) is 12.0 Å². The Morgan fingerprint density at radius 3 is 2.65 bits per heavy atom. The Morgan fingerprint density at radius 1 is 1.23 bits per heavy atom. The summed E-state index contributed by atoms with van der Waals surface area (Å²) in [5.41, 5.74) is 0.225. The number of aromatic nitrogens is 3. The molecule has 8 heteroatoms. The van der Waals surface area contributed by atoms with Gasteiger partial charge < -0.3 is 15.4 Å². The van der Waals surface area contributed by atoms with Crippen molar-refractivity contribution in [1.29, 1.82) is 0 Å². The van der Waals surface area contributed by atoms with Crippen LogP contribution in [0.3, 0.4) is 0 Å². The molecule has 2 fully saturated rings. The lowest BCUT2D eigenvalue weighted by molar-refractivity contribution is -0.0352. The van der Waals surface area contributed by atoms with Gasteiger partial charge in [0, 0.05) is 38.8 Å². The van der Waals surface area contributed by atoms with Crippen LogP contribution in [-0.4, -0.2) is 70.6 Å². The maximum absolute atomic E-state index is 5.58. The Bertz CT molecular complexity index is 574. The molecule has 3 rings (SSSR count). The van der Waals surface area contributed by atoms with E-state index in [1.54, 1.807) is 11.0 Å². The summed E-state index contributed by atoms with van der Waals surface area (Å²) >= 11 is 0. The van der Waals surface area contributed by atoms with Gasteiger partial charge in [0.25, 0.3) is 0 Å². The highest BCUT2D eigenvalue weighted by Gasteiger charge is 2.38. The Kier molecular flexibility index (Phi) is 6.85. The predicted molar refractivity (Wildman–Crippen MR) is 102 cm³/mol. The largest absolute Gasteiger partial charge is 0.379 e. The summed E-state index contributed by atoms with van der Waals surface area (Å²) in [5, 5.41) is 11.1. The first-order valence-corrected chi connectivity index (χ1v) is 9.91. The number of morpholine rings is 1. The quantitative estimate of drug-likeness (QED) is 0.578. The molecule has 0 unspecified atom stereocenters. The van der Waals surface area contributed by atoms with Gasteiger partial charge in [0.1, 0.15) is 18.7 Å². The molecular weight excluding hydrogens is 330 g/mol. The van der Waals surface area contributed by atoms with E-state index < -0.39 is 0 Å². The molecule has 2 N–H and O–H groups in total. The fraction of sp³-hybridized carbons (Fsp3) is 0.833. The monoisotopic (exact) mass is 363 g/mol. The number of hydrogen-bond donors (Lipinski definition) is 2. The summed E-state index contributed by atoms with van der Waals surface area (Å²) < 4.78 is 7.34. The highest BCUT2D eigenvalue weighted by Crippen LogP contribution is 2.33. The van der Waals surface area contributed by atoms with Crippen LogP contribution in [0.4, 0.5) is 0 Å². The number of nitrogens with zero attached hydrogens (tertiary/aromatic N) is 5. The van der Waals surface area contributed by atoms with Gasteiger partial charge in [0.05, 0.1) is 13.2 Å². The molecule has 0 radical (unpaired) electrons. The fourth-order valence-corrected chi connectivity index (χ4v) is 4.06. The average Bonchev–Trinajstić information content (AvgIpc) is 3.10. The molecule has 2 heterocycles. The van der Waals surface area contributed by atoms with Crippen LogP contribution in [0, 0.1) is 0 Å². The first-order valence-electron chi connectivity index (χ1n) is 9.91. The summed E-state index contributed by atoms with van der Waals surface area (Å²) in [7, 11) is 1.90. The Morgan fingerprint density at radius 2 is 2.00 bits per heavy atom. The molecule has 26 heavy (non-hydrogen) atoms. The van der Waals surface area contributed by atoms with Crippen LogP contribution >= 0.6 is 0 Å². The second-order valence-electron chi connectivity index (χ2n) is 7.23. The first kappa shape index (κ1) is 19.1. The predicted octanol–water partition coefficient (Wildman–Crippen LogP) is 0.905. The molecule has 1 saturated carbocycles. The van der Waals surface area contributed by atoms with E-state index in [4.69, 9.17) is 9.73 Å². The molecule has 1 aromatic heterocycles. The van der Waals surface area contributed by atoms with Crippen molar-refractivity contribution >= 4 is 5.96 Å². The van der Waals surface area contributed by atoms with Crippen molar-refractivity contribution in [2.45, 2.75) is 51.1 Å². The van der Waals surface area contributed by atoms with Crippen LogP contribution in [-0.2, 0) is 18.3 Å². The number of aryl methyl sites for hydroxylation is 1. The highest BCUT2D eigenvalue weighted by atomic mass is 16.5. The number of hydrogen-bond acceptors (Lipinski definition) is 5. The number of ether oxygens (including phenoxy) is 1. The zero-order chi connectivity index (χ0) is 18.2. The van der Waals surface area contributed by atoms with Gasteiger partial charge in [0.2, 0.25) is 0 Å². The minimum absolute atomic E-state index is 0.225. The fourth-order valence-electron chi connectivity index (χ4n) is 4.06. The molecule has 0 atom stereocenters. The molecule has 0 spiro atoms. The van der Waals surface area contributed by atoms with Crippen molar-refractivity contribution in [3.63, 3.8) is 0 Å². The van der Waals surface area contributed by atoms with Crippen molar-refractivity contribution in [1.82, 2.24) is 30.3 Å². The lowest BCUT2D eigenvalue weighted by Gasteiger charge is -2.48. The van der Waals surface area contributed by atoms with Gasteiger partial charge in [-0.15, -0.1) is 0 Å². The maximum Gasteiger partial charge on any atom is 0.191 e. The van der Waals surface area contributed by atoms with Crippen LogP contribution in [0.1, 0.15) is 44.9 Å². The summed E-state index contributed by atoms with van der Waals surface area (Å²) in [6.07, 6.45) is 8.05.